The highest BCUT2D eigenvalue weighted by Crippen LogP contribution is 2.24. The summed E-state index contributed by atoms with van der Waals surface area (Å²) in [5, 5.41) is 0.269. The molecule has 0 aliphatic carbocycles. The topological polar surface area (TPSA) is 59.8 Å². The molecule has 2 aromatic carbocycles. The molecule has 0 amide bonds. The van der Waals surface area contributed by atoms with E-state index < -0.39 is 5.82 Å². The number of hydrogen-bond donors (Lipinski definition) is 0. The average molecular weight is 439 g/mol. The highest BCUT2D eigenvalue weighted by molar-refractivity contribution is 5.80. The Morgan fingerprint density at radius 1 is 1.03 bits per heavy atom. The summed E-state index contributed by atoms with van der Waals surface area (Å²) in [6, 6.07) is 12.0. The van der Waals surface area contributed by atoms with Crippen LogP contribution in [0.4, 0.5) is 10.3 Å². The van der Waals surface area contributed by atoms with Crippen LogP contribution < -0.4 is 15.2 Å². The van der Waals surface area contributed by atoms with Crippen LogP contribution >= 0.6 is 0 Å². The number of rotatable bonds is 4. The first-order valence-corrected chi connectivity index (χ1v) is 11.1. The van der Waals surface area contributed by atoms with E-state index in [2.05, 4.69) is 21.8 Å². The average Bonchev–Trinajstić information content (AvgIpc) is 2.82. The van der Waals surface area contributed by atoms with Crippen molar-refractivity contribution >= 4 is 16.9 Å². The molecule has 0 saturated carbocycles. The van der Waals surface area contributed by atoms with Gasteiger partial charge in [-0.2, -0.15) is 0 Å². The van der Waals surface area contributed by atoms with E-state index in [-0.39, 0.29) is 22.6 Å². The van der Waals surface area contributed by atoms with Gasteiger partial charge in [0.2, 0.25) is 5.95 Å². The van der Waals surface area contributed by atoms with Gasteiger partial charge in [0.05, 0.1) is 24.3 Å². The molecule has 2 aliphatic heterocycles. The van der Waals surface area contributed by atoms with Crippen LogP contribution in [0.15, 0.2) is 47.3 Å². The number of aromatic nitrogens is 2. The van der Waals surface area contributed by atoms with E-state index in [1.54, 1.807) is 16.7 Å². The van der Waals surface area contributed by atoms with Crippen molar-refractivity contribution in [1.29, 1.82) is 0 Å². The van der Waals surface area contributed by atoms with Gasteiger partial charge in [0, 0.05) is 39.0 Å². The minimum Gasteiger partial charge on any atom is -0.490 e. The Labute approximate surface area is 186 Å². The first-order chi connectivity index (χ1) is 15.6. The quantitative estimate of drug-likeness (QED) is 0.624. The molecule has 8 heteroatoms. The first kappa shape index (κ1) is 20.9. The van der Waals surface area contributed by atoms with Crippen LogP contribution in [0.3, 0.4) is 0 Å². The molecule has 1 aromatic heterocycles. The number of halogens is 1. The number of piperazine rings is 1. The molecule has 2 fully saturated rings. The monoisotopic (exact) mass is 438 g/mol. The van der Waals surface area contributed by atoms with Crippen molar-refractivity contribution in [3.05, 3.63) is 58.6 Å². The van der Waals surface area contributed by atoms with Crippen molar-refractivity contribution < 1.29 is 13.9 Å². The third kappa shape index (κ3) is 4.08. The molecule has 168 valence electrons. The molecule has 0 bridgehead atoms. The zero-order chi connectivity index (χ0) is 22.1. The molecule has 5 rings (SSSR count). The van der Waals surface area contributed by atoms with Gasteiger partial charge >= 0.3 is 0 Å². The predicted octanol–water partition coefficient (Wildman–Crippen LogP) is 2.83. The van der Waals surface area contributed by atoms with Gasteiger partial charge in [-0.05, 0) is 43.4 Å². The van der Waals surface area contributed by atoms with Crippen LogP contribution in [0, 0.1) is 5.82 Å². The second-order valence-corrected chi connectivity index (χ2v) is 8.40. The summed E-state index contributed by atoms with van der Waals surface area (Å²) in [6.07, 6.45) is 1.88. The molecular formula is C24H27FN4O3. The zero-order valence-electron chi connectivity index (χ0n) is 18.2. The lowest BCUT2D eigenvalue weighted by Crippen LogP contribution is -2.46. The van der Waals surface area contributed by atoms with E-state index in [1.165, 1.54) is 6.07 Å². The van der Waals surface area contributed by atoms with E-state index in [4.69, 9.17) is 9.47 Å². The summed E-state index contributed by atoms with van der Waals surface area (Å²) >= 11 is 0. The van der Waals surface area contributed by atoms with Crippen LogP contribution in [-0.2, 0) is 4.74 Å². The predicted molar refractivity (Wildman–Crippen MR) is 121 cm³/mol. The first-order valence-electron chi connectivity index (χ1n) is 11.1. The van der Waals surface area contributed by atoms with Gasteiger partial charge in [-0.25, -0.2) is 13.9 Å². The maximum atomic E-state index is 14.5. The number of likely N-dealkylation sites (N-methyl/N-ethyl adjacent to an activating group) is 1. The Bertz CT molecular complexity index is 1150. The number of fused-ring (bicyclic) bond motifs is 1. The fraction of sp³-hybridized carbons (Fsp3) is 0.417. The Morgan fingerprint density at radius 3 is 2.47 bits per heavy atom. The van der Waals surface area contributed by atoms with Gasteiger partial charge in [-0.1, -0.05) is 6.07 Å². The number of benzene rings is 2. The van der Waals surface area contributed by atoms with Crippen molar-refractivity contribution in [2.75, 3.05) is 51.3 Å². The molecular weight excluding hydrogens is 411 g/mol. The maximum absolute atomic E-state index is 14.5. The normalized spacial score (nSPS) is 18.2. The third-order valence-electron chi connectivity index (χ3n) is 6.18. The van der Waals surface area contributed by atoms with Gasteiger partial charge in [0.15, 0.2) is 0 Å². The molecule has 7 nitrogen and oxygen atoms in total. The minimum absolute atomic E-state index is 0.113. The molecule has 32 heavy (non-hydrogen) atoms. The SMILES string of the molecule is CN1CCN(c2nc3c(F)cccc3c(=O)n2-c2ccc(OC3CCOCC3)cc2)CC1. The standard InChI is InChI=1S/C24H27FN4O3/c1-27-11-13-28(14-12-27)24-26-22-20(3-2-4-21(22)25)23(30)29(24)17-5-7-18(8-6-17)32-19-9-15-31-16-10-19/h2-8,19H,9-16H2,1H3. The van der Waals surface area contributed by atoms with E-state index in [1.807, 2.05) is 24.3 Å². The van der Waals surface area contributed by atoms with Gasteiger partial charge in [-0.3, -0.25) is 4.79 Å². The van der Waals surface area contributed by atoms with Crippen LogP contribution in [0.1, 0.15) is 12.8 Å². The van der Waals surface area contributed by atoms with Gasteiger partial charge in [0.1, 0.15) is 23.2 Å². The summed E-state index contributed by atoms with van der Waals surface area (Å²) < 4.78 is 27.6. The zero-order valence-corrected chi connectivity index (χ0v) is 18.2. The van der Waals surface area contributed by atoms with Crippen molar-refractivity contribution in [3.8, 4) is 11.4 Å². The van der Waals surface area contributed by atoms with E-state index in [0.29, 0.717) is 37.9 Å². The summed E-state index contributed by atoms with van der Waals surface area (Å²) in [4.78, 5) is 22.4. The summed E-state index contributed by atoms with van der Waals surface area (Å²) in [7, 11) is 2.06. The molecule has 2 aliphatic rings. The Balaban J connectivity index is 1.55. The van der Waals surface area contributed by atoms with Crippen LogP contribution in [0.25, 0.3) is 16.6 Å². The molecule has 0 spiro atoms. The van der Waals surface area contributed by atoms with Crippen molar-refractivity contribution in [3.63, 3.8) is 0 Å². The van der Waals surface area contributed by atoms with Gasteiger partial charge in [0.25, 0.3) is 5.56 Å². The van der Waals surface area contributed by atoms with Crippen LogP contribution in [-0.4, -0.2) is 67.0 Å². The highest BCUT2D eigenvalue weighted by Gasteiger charge is 2.23. The second kappa shape index (κ2) is 8.88. The summed E-state index contributed by atoms with van der Waals surface area (Å²) in [5.41, 5.74) is 0.519. The molecule has 2 saturated heterocycles. The highest BCUT2D eigenvalue weighted by atomic mass is 19.1. The number of hydrogen-bond acceptors (Lipinski definition) is 6. The van der Waals surface area contributed by atoms with Gasteiger partial charge in [-0.15, -0.1) is 0 Å². The third-order valence-corrected chi connectivity index (χ3v) is 6.18. The minimum atomic E-state index is -0.484. The smallest absolute Gasteiger partial charge is 0.267 e. The Hall–Kier alpha value is -2.97. The molecule has 0 unspecified atom stereocenters. The molecule has 0 radical (unpaired) electrons. The van der Waals surface area contributed by atoms with E-state index >= 15 is 0 Å². The molecule has 3 heterocycles. The maximum Gasteiger partial charge on any atom is 0.267 e. The number of anilines is 1. The number of ether oxygens (including phenoxy) is 2. The van der Waals surface area contributed by atoms with Crippen molar-refractivity contribution in [2.24, 2.45) is 0 Å². The lowest BCUT2D eigenvalue weighted by atomic mass is 10.1. The molecule has 0 N–H and O–H groups in total. The molecule has 3 aromatic rings. The summed E-state index contributed by atoms with van der Waals surface area (Å²) in [5.74, 6) is 0.746. The van der Waals surface area contributed by atoms with E-state index in [9.17, 15) is 9.18 Å². The van der Waals surface area contributed by atoms with Crippen molar-refractivity contribution in [2.45, 2.75) is 18.9 Å². The Morgan fingerprint density at radius 2 is 1.75 bits per heavy atom. The Kier molecular flexibility index (Phi) is 5.80. The second-order valence-electron chi connectivity index (χ2n) is 8.40. The number of para-hydroxylation sites is 1. The van der Waals surface area contributed by atoms with Crippen molar-refractivity contribution in [1.82, 2.24) is 14.5 Å². The fourth-order valence-electron chi connectivity index (χ4n) is 4.27. The van der Waals surface area contributed by atoms with E-state index in [0.717, 1.165) is 31.7 Å². The largest absolute Gasteiger partial charge is 0.490 e. The molecule has 0 atom stereocenters. The lowest BCUT2D eigenvalue weighted by Gasteiger charge is -2.34. The van der Waals surface area contributed by atoms with Crippen LogP contribution in [0.5, 0.6) is 5.75 Å². The fourth-order valence-corrected chi connectivity index (χ4v) is 4.27. The lowest BCUT2D eigenvalue weighted by molar-refractivity contribution is 0.0256. The number of nitrogens with zero attached hydrogens (tertiary/aromatic N) is 4. The summed E-state index contributed by atoms with van der Waals surface area (Å²) in [6.45, 7) is 4.56. The van der Waals surface area contributed by atoms with Gasteiger partial charge < -0.3 is 19.3 Å². The van der Waals surface area contributed by atoms with Crippen LogP contribution in [0.2, 0.25) is 0 Å².